The van der Waals surface area contributed by atoms with Crippen molar-refractivity contribution in [3.8, 4) is 0 Å². The summed E-state index contributed by atoms with van der Waals surface area (Å²) in [7, 11) is 1.52. The zero-order valence-corrected chi connectivity index (χ0v) is 17.8. The van der Waals surface area contributed by atoms with Crippen molar-refractivity contribution in [2.45, 2.75) is 13.5 Å². The van der Waals surface area contributed by atoms with E-state index in [1.165, 1.54) is 41.7 Å². The van der Waals surface area contributed by atoms with Crippen LogP contribution in [-0.4, -0.2) is 36.4 Å². The van der Waals surface area contributed by atoms with E-state index in [2.05, 4.69) is 10.3 Å². The largest absolute Gasteiger partial charge is 0.467 e. The number of amides is 2. The number of hydrogen-bond acceptors (Lipinski definition) is 7. The van der Waals surface area contributed by atoms with Gasteiger partial charge in [-0.05, 0) is 37.3 Å². The Morgan fingerprint density at radius 2 is 2.03 bits per heavy atom. The van der Waals surface area contributed by atoms with Crippen molar-refractivity contribution in [1.29, 1.82) is 0 Å². The van der Waals surface area contributed by atoms with Crippen LogP contribution in [0.3, 0.4) is 0 Å². The monoisotopic (exact) mass is 439 g/mol. The van der Waals surface area contributed by atoms with Crippen molar-refractivity contribution in [3.05, 3.63) is 76.1 Å². The molecule has 0 bridgehead atoms. The van der Waals surface area contributed by atoms with Crippen LogP contribution in [0.15, 0.2) is 58.5 Å². The number of esters is 1. The molecule has 0 atom stereocenters. The molecule has 9 heteroatoms. The molecular formula is C22H21N3O5S. The summed E-state index contributed by atoms with van der Waals surface area (Å²) in [6.07, 6.45) is 4.27. The van der Waals surface area contributed by atoms with Crippen LogP contribution in [0.4, 0.5) is 5.69 Å². The number of nitrogens with one attached hydrogen (secondary N) is 1. The number of carbonyl (C=O) groups is 3. The minimum Gasteiger partial charge on any atom is -0.467 e. The van der Waals surface area contributed by atoms with Gasteiger partial charge in [-0.25, -0.2) is 9.78 Å². The molecule has 0 aliphatic carbocycles. The second kappa shape index (κ2) is 10.4. The molecule has 0 saturated carbocycles. The lowest BCUT2D eigenvalue weighted by Gasteiger charge is -2.20. The zero-order valence-electron chi connectivity index (χ0n) is 17.0. The topological polar surface area (TPSA) is 102 Å². The van der Waals surface area contributed by atoms with Crippen LogP contribution in [0.2, 0.25) is 0 Å². The van der Waals surface area contributed by atoms with Crippen LogP contribution >= 0.6 is 11.3 Å². The highest BCUT2D eigenvalue weighted by atomic mass is 32.1. The molecular weight excluding hydrogens is 418 g/mol. The second-order valence-corrected chi connectivity index (χ2v) is 7.53. The van der Waals surface area contributed by atoms with Crippen LogP contribution in [0.5, 0.6) is 0 Å². The lowest BCUT2D eigenvalue weighted by Crippen LogP contribution is -2.33. The third-order valence-electron chi connectivity index (χ3n) is 4.25. The first-order valence-electron chi connectivity index (χ1n) is 9.37. The van der Waals surface area contributed by atoms with Crippen molar-refractivity contribution in [3.63, 3.8) is 0 Å². The van der Waals surface area contributed by atoms with Crippen LogP contribution in [0.25, 0.3) is 6.08 Å². The van der Waals surface area contributed by atoms with E-state index in [0.717, 1.165) is 5.01 Å². The Morgan fingerprint density at radius 3 is 2.74 bits per heavy atom. The quantitative estimate of drug-likeness (QED) is 0.427. The van der Waals surface area contributed by atoms with Crippen LogP contribution in [0.1, 0.15) is 26.8 Å². The fourth-order valence-electron chi connectivity index (χ4n) is 2.66. The molecule has 1 aromatic carbocycles. The van der Waals surface area contributed by atoms with Crippen molar-refractivity contribution < 1.29 is 23.5 Å². The predicted octanol–water partition coefficient (Wildman–Crippen LogP) is 3.19. The van der Waals surface area contributed by atoms with Gasteiger partial charge in [-0.15, -0.1) is 11.3 Å². The highest BCUT2D eigenvalue weighted by molar-refractivity contribution is 7.09. The number of anilines is 1. The number of carbonyl (C=O) groups excluding carboxylic acids is 3. The van der Waals surface area contributed by atoms with Gasteiger partial charge in [0.15, 0.2) is 6.61 Å². The first kappa shape index (κ1) is 22.0. The number of para-hydroxylation sites is 1. The SMILES string of the molecule is Cc1nc(/C=C/C(=O)OCC(=O)N(C)c2ccccc2C(=O)NCc2ccco2)cs1. The summed E-state index contributed by atoms with van der Waals surface area (Å²) in [4.78, 5) is 42.5. The highest BCUT2D eigenvalue weighted by Gasteiger charge is 2.19. The van der Waals surface area contributed by atoms with Gasteiger partial charge in [0.2, 0.25) is 0 Å². The molecule has 2 amide bonds. The Kier molecular flexibility index (Phi) is 7.34. The standard InChI is InChI=1S/C22H21N3O5S/c1-15-24-16(14-31-15)9-10-21(27)30-13-20(26)25(2)19-8-4-3-7-18(19)22(28)23-12-17-6-5-11-29-17/h3-11,14H,12-13H2,1-2H3,(H,23,28)/b10-9+. The van der Waals surface area contributed by atoms with Gasteiger partial charge in [0.1, 0.15) is 5.76 Å². The van der Waals surface area contributed by atoms with Crippen molar-refractivity contribution in [1.82, 2.24) is 10.3 Å². The maximum absolute atomic E-state index is 12.6. The van der Waals surface area contributed by atoms with Gasteiger partial charge < -0.3 is 19.4 Å². The number of furan rings is 1. The molecule has 2 aromatic heterocycles. The maximum atomic E-state index is 12.6. The summed E-state index contributed by atoms with van der Waals surface area (Å²) in [6, 6.07) is 10.2. The summed E-state index contributed by atoms with van der Waals surface area (Å²) in [5.74, 6) is -0.873. The van der Waals surface area contributed by atoms with E-state index in [9.17, 15) is 14.4 Å². The Hall–Kier alpha value is -3.72. The van der Waals surface area contributed by atoms with E-state index in [-0.39, 0.29) is 12.5 Å². The van der Waals surface area contributed by atoms with E-state index in [1.807, 2.05) is 12.3 Å². The predicted molar refractivity (Wildman–Crippen MR) is 117 cm³/mol. The van der Waals surface area contributed by atoms with E-state index >= 15 is 0 Å². The van der Waals surface area contributed by atoms with Crippen LogP contribution in [0, 0.1) is 6.92 Å². The third-order valence-corrected chi connectivity index (χ3v) is 5.04. The molecule has 0 aliphatic rings. The average Bonchev–Trinajstić information content (AvgIpc) is 3.45. The molecule has 160 valence electrons. The minimum atomic E-state index is -0.656. The Balaban J connectivity index is 1.58. The molecule has 31 heavy (non-hydrogen) atoms. The number of rotatable bonds is 8. The van der Waals surface area contributed by atoms with E-state index in [1.54, 1.807) is 36.4 Å². The Bertz CT molecular complexity index is 1090. The fourth-order valence-corrected chi connectivity index (χ4v) is 3.24. The molecule has 0 saturated heterocycles. The summed E-state index contributed by atoms with van der Waals surface area (Å²) >= 11 is 1.47. The molecule has 0 spiro atoms. The van der Waals surface area contributed by atoms with Crippen LogP contribution < -0.4 is 10.2 Å². The van der Waals surface area contributed by atoms with Gasteiger partial charge in [0, 0.05) is 18.5 Å². The van der Waals surface area contributed by atoms with Crippen molar-refractivity contribution in [2.75, 3.05) is 18.6 Å². The Labute approximate surface area is 183 Å². The molecule has 3 rings (SSSR count). The number of benzene rings is 1. The molecule has 2 heterocycles. The minimum absolute atomic E-state index is 0.223. The van der Waals surface area contributed by atoms with Gasteiger partial charge in [-0.1, -0.05) is 12.1 Å². The maximum Gasteiger partial charge on any atom is 0.331 e. The molecule has 3 aromatic rings. The number of ether oxygens (including phenoxy) is 1. The first-order chi connectivity index (χ1) is 14.9. The molecule has 8 nitrogen and oxygen atoms in total. The molecule has 0 aliphatic heterocycles. The number of aromatic nitrogens is 1. The summed E-state index contributed by atoms with van der Waals surface area (Å²) in [6.45, 7) is 1.63. The Morgan fingerprint density at radius 1 is 1.23 bits per heavy atom. The van der Waals surface area contributed by atoms with Gasteiger partial charge >= 0.3 is 5.97 Å². The van der Waals surface area contributed by atoms with Crippen LogP contribution in [-0.2, 0) is 20.9 Å². The fraction of sp³-hybridized carbons (Fsp3) is 0.182. The lowest BCUT2D eigenvalue weighted by atomic mass is 10.1. The molecule has 0 unspecified atom stereocenters. The van der Waals surface area contributed by atoms with E-state index < -0.39 is 18.5 Å². The number of nitrogens with zero attached hydrogens (tertiary/aromatic N) is 2. The van der Waals surface area contributed by atoms with Gasteiger partial charge in [-0.3, -0.25) is 9.59 Å². The summed E-state index contributed by atoms with van der Waals surface area (Å²) in [5.41, 5.74) is 1.36. The van der Waals surface area contributed by atoms with Crippen molar-refractivity contribution in [2.24, 2.45) is 0 Å². The van der Waals surface area contributed by atoms with Gasteiger partial charge in [0.25, 0.3) is 11.8 Å². The smallest absolute Gasteiger partial charge is 0.331 e. The summed E-state index contributed by atoms with van der Waals surface area (Å²) < 4.78 is 10.2. The molecule has 0 fully saturated rings. The highest BCUT2D eigenvalue weighted by Crippen LogP contribution is 2.19. The average molecular weight is 439 g/mol. The van der Waals surface area contributed by atoms with E-state index in [0.29, 0.717) is 22.7 Å². The molecule has 1 N–H and O–H groups in total. The second-order valence-electron chi connectivity index (χ2n) is 6.46. The van der Waals surface area contributed by atoms with Crippen molar-refractivity contribution >= 4 is 40.9 Å². The lowest BCUT2D eigenvalue weighted by molar-refractivity contribution is -0.142. The zero-order chi connectivity index (χ0) is 22.2. The van der Waals surface area contributed by atoms with Gasteiger partial charge in [-0.2, -0.15) is 0 Å². The van der Waals surface area contributed by atoms with Gasteiger partial charge in [0.05, 0.1) is 34.8 Å². The number of hydrogen-bond donors (Lipinski definition) is 1. The molecule has 0 radical (unpaired) electrons. The number of likely N-dealkylation sites (N-methyl/N-ethyl adjacent to an activating group) is 1. The number of thiazole rings is 1. The number of aryl methyl sites for hydroxylation is 1. The first-order valence-corrected chi connectivity index (χ1v) is 10.2. The van der Waals surface area contributed by atoms with E-state index in [4.69, 9.17) is 9.15 Å². The normalized spacial score (nSPS) is 10.8. The summed E-state index contributed by atoms with van der Waals surface area (Å²) in [5, 5.41) is 5.45. The third kappa shape index (κ3) is 6.13.